The van der Waals surface area contributed by atoms with Crippen molar-refractivity contribution in [2.75, 3.05) is 6.61 Å². The summed E-state index contributed by atoms with van der Waals surface area (Å²) in [6, 6.07) is 0. The molecule has 2 heterocycles. The van der Waals surface area contributed by atoms with E-state index in [2.05, 4.69) is 22.1 Å². The summed E-state index contributed by atoms with van der Waals surface area (Å²) in [4.78, 5) is 3.92. The minimum absolute atomic E-state index is 0.353. The molecule has 0 saturated carbocycles. The van der Waals surface area contributed by atoms with Crippen molar-refractivity contribution in [3.8, 4) is 0 Å². The van der Waals surface area contributed by atoms with Crippen molar-refractivity contribution in [2.45, 2.75) is 20.0 Å². The molecule has 6 heteroatoms. The SMILES string of the molecule is CCCOCc1nnc2c(Cl)nccn12. The Balaban J connectivity index is 2.25. The number of hydrogen-bond acceptors (Lipinski definition) is 4. The van der Waals surface area contributed by atoms with Gasteiger partial charge in [-0.3, -0.25) is 4.40 Å². The van der Waals surface area contributed by atoms with Crippen LogP contribution in [0.2, 0.25) is 5.15 Å². The standard InChI is InChI=1S/C9H11ClN4O/c1-2-5-15-6-7-12-13-9-8(10)11-3-4-14(7)9/h3-4H,2,5-6H2,1H3. The molecule has 0 bridgehead atoms. The summed E-state index contributed by atoms with van der Waals surface area (Å²) >= 11 is 5.86. The molecule has 0 aliphatic rings. The molecule has 2 aromatic rings. The molecule has 0 aliphatic heterocycles. The summed E-state index contributed by atoms with van der Waals surface area (Å²) in [5, 5.41) is 8.28. The van der Waals surface area contributed by atoms with Gasteiger partial charge in [-0.2, -0.15) is 0 Å². The highest BCUT2D eigenvalue weighted by Gasteiger charge is 2.08. The van der Waals surface area contributed by atoms with E-state index >= 15 is 0 Å². The van der Waals surface area contributed by atoms with Gasteiger partial charge in [0.25, 0.3) is 0 Å². The molecule has 0 fully saturated rings. The molecule has 0 aromatic carbocycles. The Morgan fingerprint density at radius 3 is 3.13 bits per heavy atom. The van der Waals surface area contributed by atoms with Crippen LogP contribution in [-0.4, -0.2) is 26.2 Å². The van der Waals surface area contributed by atoms with Gasteiger partial charge in [-0.15, -0.1) is 10.2 Å². The van der Waals surface area contributed by atoms with E-state index in [0.29, 0.717) is 24.0 Å². The highest BCUT2D eigenvalue weighted by Crippen LogP contribution is 2.12. The van der Waals surface area contributed by atoms with Gasteiger partial charge in [-0.1, -0.05) is 18.5 Å². The van der Waals surface area contributed by atoms with Crippen molar-refractivity contribution < 1.29 is 4.74 Å². The van der Waals surface area contributed by atoms with Crippen LogP contribution in [0.5, 0.6) is 0 Å². The Morgan fingerprint density at radius 2 is 2.33 bits per heavy atom. The molecular formula is C9H11ClN4O. The van der Waals surface area contributed by atoms with Gasteiger partial charge in [0.1, 0.15) is 6.61 Å². The van der Waals surface area contributed by atoms with Crippen molar-refractivity contribution in [1.82, 2.24) is 19.6 Å². The third-order valence-electron chi connectivity index (χ3n) is 1.93. The molecule has 0 unspecified atom stereocenters. The predicted molar refractivity (Wildman–Crippen MR) is 55.7 cm³/mol. The minimum Gasteiger partial charge on any atom is -0.373 e. The average molecular weight is 227 g/mol. The zero-order chi connectivity index (χ0) is 10.7. The fourth-order valence-electron chi connectivity index (χ4n) is 1.25. The number of aromatic nitrogens is 4. The van der Waals surface area contributed by atoms with Crippen molar-refractivity contribution in [3.05, 3.63) is 23.4 Å². The van der Waals surface area contributed by atoms with Crippen LogP contribution >= 0.6 is 11.6 Å². The molecular weight excluding hydrogens is 216 g/mol. The summed E-state index contributed by atoms with van der Waals surface area (Å²) < 4.78 is 7.17. The van der Waals surface area contributed by atoms with Gasteiger partial charge in [0.2, 0.25) is 0 Å². The Bertz CT molecular complexity index is 456. The predicted octanol–water partition coefficient (Wildman–Crippen LogP) is 1.70. The van der Waals surface area contributed by atoms with Gasteiger partial charge in [0.05, 0.1) is 0 Å². The van der Waals surface area contributed by atoms with Crippen LogP contribution in [-0.2, 0) is 11.3 Å². The maximum absolute atomic E-state index is 5.86. The van der Waals surface area contributed by atoms with E-state index in [-0.39, 0.29) is 0 Å². The second-order valence-electron chi connectivity index (χ2n) is 3.08. The summed E-state index contributed by atoms with van der Waals surface area (Å²) in [7, 11) is 0. The largest absolute Gasteiger partial charge is 0.373 e. The van der Waals surface area contributed by atoms with E-state index in [1.54, 1.807) is 16.8 Å². The Morgan fingerprint density at radius 1 is 1.47 bits per heavy atom. The van der Waals surface area contributed by atoms with Crippen molar-refractivity contribution in [2.24, 2.45) is 0 Å². The van der Waals surface area contributed by atoms with Crippen molar-refractivity contribution >= 4 is 17.2 Å². The maximum Gasteiger partial charge on any atom is 0.198 e. The molecule has 0 aliphatic carbocycles. The van der Waals surface area contributed by atoms with E-state index in [9.17, 15) is 0 Å². The van der Waals surface area contributed by atoms with Crippen LogP contribution in [0.4, 0.5) is 0 Å². The topological polar surface area (TPSA) is 52.3 Å². The molecule has 5 nitrogen and oxygen atoms in total. The smallest absolute Gasteiger partial charge is 0.198 e. The molecule has 0 atom stereocenters. The van der Waals surface area contributed by atoms with E-state index in [4.69, 9.17) is 16.3 Å². The van der Waals surface area contributed by atoms with Gasteiger partial charge < -0.3 is 4.74 Å². The lowest BCUT2D eigenvalue weighted by Crippen LogP contribution is -2.00. The number of fused-ring (bicyclic) bond motifs is 1. The molecule has 0 N–H and O–H groups in total. The van der Waals surface area contributed by atoms with Crippen LogP contribution in [0.3, 0.4) is 0 Å². The first-order chi connectivity index (χ1) is 7.33. The number of halogens is 1. The van der Waals surface area contributed by atoms with Gasteiger partial charge in [-0.05, 0) is 6.42 Å². The summed E-state index contributed by atoms with van der Waals surface area (Å²) in [6.45, 7) is 3.21. The number of nitrogens with zero attached hydrogens (tertiary/aromatic N) is 4. The molecule has 0 radical (unpaired) electrons. The lowest BCUT2D eigenvalue weighted by Gasteiger charge is -2.00. The van der Waals surface area contributed by atoms with Crippen LogP contribution in [0.25, 0.3) is 5.65 Å². The highest BCUT2D eigenvalue weighted by atomic mass is 35.5. The van der Waals surface area contributed by atoms with Crippen LogP contribution < -0.4 is 0 Å². The fourth-order valence-corrected chi connectivity index (χ4v) is 1.44. The summed E-state index contributed by atoms with van der Waals surface area (Å²) in [5.74, 6) is 0.739. The molecule has 0 spiro atoms. The van der Waals surface area contributed by atoms with E-state index in [0.717, 1.165) is 12.2 Å². The molecule has 15 heavy (non-hydrogen) atoms. The monoisotopic (exact) mass is 226 g/mol. The molecule has 80 valence electrons. The second-order valence-corrected chi connectivity index (χ2v) is 3.44. The Kier molecular flexibility index (Phi) is 3.13. The third-order valence-corrected chi connectivity index (χ3v) is 2.20. The van der Waals surface area contributed by atoms with Crippen LogP contribution in [0.15, 0.2) is 12.4 Å². The first kappa shape index (κ1) is 10.3. The zero-order valence-electron chi connectivity index (χ0n) is 8.35. The molecule has 0 saturated heterocycles. The van der Waals surface area contributed by atoms with Crippen molar-refractivity contribution in [1.29, 1.82) is 0 Å². The number of rotatable bonds is 4. The lowest BCUT2D eigenvalue weighted by atomic mass is 10.5. The molecule has 2 aromatic heterocycles. The van der Waals surface area contributed by atoms with Gasteiger partial charge in [-0.25, -0.2) is 4.98 Å². The lowest BCUT2D eigenvalue weighted by molar-refractivity contribution is 0.115. The van der Waals surface area contributed by atoms with Gasteiger partial charge in [0.15, 0.2) is 16.6 Å². The average Bonchev–Trinajstić information content (AvgIpc) is 2.64. The Labute approximate surface area is 92.1 Å². The summed E-state index contributed by atoms with van der Waals surface area (Å²) in [5.41, 5.74) is 0.564. The van der Waals surface area contributed by atoms with E-state index in [1.165, 1.54) is 0 Å². The van der Waals surface area contributed by atoms with E-state index in [1.807, 2.05) is 0 Å². The maximum atomic E-state index is 5.86. The van der Waals surface area contributed by atoms with Crippen LogP contribution in [0, 0.1) is 0 Å². The zero-order valence-corrected chi connectivity index (χ0v) is 9.11. The first-order valence-electron chi connectivity index (χ1n) is 4.74. The number of ether oxygens (including phenoxy) is 1. The van der Waals surface area contributed by atoms with Gasteiger partial charge >= 0.3 is 0 Å². The molecule has 2 rings (SSSR count). The summed E-state index contributed by atoms with van der Waals surface area (Å²) in [6.07, 6.45) is 4.37. The fraction of sp³-hybridized carbons (Fsp3) is 0.444. The highest BCUT2D eigenvalue weighted by molar-refractivity contribution is 6.32. The second kappa shape index (κ2) is 4.55. The van der Waals surface area contributed by atoms with E-state index < -0.39 is 0 Å². The van der Waals surface area contributed by atoms with Crippen LogP contribution in [0.1, 0.15) is 19.2 Å². The third kappa shape index (κ3) is 2.08. The van der Waals surface area contributed by atoms with Crippen molar-refractivity contribution in [3.63, 3.8) is 0 Å². The minimum atomic E-state index is 0.353. The first-order valence-corrected chi connectivity index (χ1v) is 5.12. The Hall–Kier alpha value is -1.20. The number of hydrogen-bond donors (Lipinski definition) is 0. The molecule has 0 amide bonds. The quantitative estimate of drug-likeness (QED) is 0.745. The van der Waals surface area contributed by atoms with Gasteiger partial charge in [0, 0.05) is 19.0 Å². The normalized spacial score (nSPS) is 11.1.